The number of pyridine rings is 1. The van der Waals surface area contributed by atoms with Gasteiger partial charge in [0.1, 0.15) is 17.0 Å². The number of nitrogens with one attached hydrogen (secondary N) is 1. The van der Waals surface area contributed by atoms with Crippen LogP contribution in [-0.2, 0) is 11.2 Å². The molecule has 282 valence electrons. The van der Waals surface area contributed by atoms with Crippen molar-refractivity contribution in [1.29, 1.82) is 0 Å². The zero-order valence-corrected chi connectivity index (χ0v) is 28.2. The molecular weight excluding hydrogens is 716 g/mol. The average molecular weight is 751 g/mol. The lowest BCUT2D eigenvalue weighted by molar-refractivity contribution is -0.340. The van der Waals surface area contributed by atoms with E-state index in [1.54, 1.807) is 0 Å². The third-order valence-electron chi connectivity index (χ3n) is 11.3. The maximum Gasteiger partial charge on any atom is 0.573 e. The van der Waals surface area contributed by atoms with Crippen LogP contribution in [0, 0.1) is 17.0 Å². The zero-order chi connectivity index (χ0) is 36.9. The molecule has 0 radical (unpaired) electrons. The number of piperazine rings is 1. The molecule has 0 unspecified atom stereocenters. The molecule has 2 bridgehead atoms. The van der Waals surface area contributed by atoms with Crippen molar-refractivity contribution in [3.05, 3.63) is 47.7 Å². The lowest BCUT2D eigenvalue weighted by Crippen LogP contribution is -2.58. The molecule has 4 aromatic rings. The number of aromatic nitrogens is 3. The molecule has 1 N–H and O–H groups in total. The second-order valence-electron chi connectivity index (χ2n) is 14.9. The van der Waals surface area contributed by atoms with Gasteiger partial charge in [-0.05, 0) is 56.4 Å². The number of anilines is 1. The molecule has 0 spiro atoms. The zero-order valence-electron chi connectivity index (χ0n) is 28.2. The molecule has 3 saturated heterocycles. The first-order valence-electron chi connectivity index (χ1n) is 17.7. The molecule has 0 amide bonds. The molecule has 4 atom stereocenters. The highest BCUT2D eigenvalue weighted by Gasteiger charge is 2.48. The summed E-state index contributed by atoms with van der Waals surface area (Å²) < 4.78 is 126. The Morgan fingerprint density at radius 2 is 1.72 bits per heavy atom. The number of fused-ring (bicyclic) bond motifs is 6. The molecule has 53 heavy (non-hydrogen) atoms. The van der Waals surface area contributed by atoms with Crippen molar-refractivity contribution < 1.29 is 49.3 Å². The number of aryl methyl sites for hydroxylation is 1. The van der Waals surface area contributed by atoms with E-state index in [9.17, 15) is 26.3 Å². The minimum Gasteiger partial charge on any atom is -0.463 e. The monoisotopic (exact) mass is 750 g/mol. The number of rotatable bonds is 8. The van der Waals surface area contributed by atoms with Crippen LogP contribution in [0.15, 0.2) is 30.3 Å². The molecule has 2 aromatic carbocycles. The Balaban J connectivity index is 1.11. The van der Waals surface area contributed by atoms with Gasteiger partial charge in [0, 0.05) is 60.7 Å². The number of alkyl halides is 6. The maximum absolute atomic E-state index is 17.1. The molecule has 1 aliphatic carbocycles. The van der Waals surface area contributed by atoms with Crippen LogP contribution < -0.4 is 19.7 Å². The van der Waals surface area contributed by atoms with E-state index < -0.39 is 36.2 Å². The van der Waals surface area contributed by atoms with Crippen molar-refractivity contribution >= 4 is 27.5 Å². The van der Waals surface area contributed by atoms with E-state index in [-0.39, 0.29) is 76.7 Å². The van der Waals surface area contributed by atoms with Crippen LogP contribution in [-0.4, -0.2) is 89.6 Å². The van der Waals surface area contributed by atoms with Crippen molar-refractivity contribution in [3.63, 3.8) is 0 Å². The van der Waals surface area contributed by atoms with Crippen LogP contribution in [0.4, 0.5) is 40.9 Å². The number of likely N-dealkylation sites (tertiary alicyclic amines) is 1. The second kappa shape index (κ2) is 12.5. The van der Waals surface area contributed by atoms with Crippen LogP contribution in [0.3, 0.4) is 0 Å². The van der Waals surface area contributed by atoms with Gasteiger partial charge in [-0.1, -0.05) is 24.3 Å². The van der Waals surface area contributed by atoms with E-state index in [1.165, 1.54) is 24.3 Å². The predicted octanol–water partition coefficient (Wildman–Crippen LogP) is 7.05. The fourth-order valence-electron chi connectivity index (χ4n) is 8.79. The van der Waals surface area contributed by atoms with Crippen LogP contribution in [0.1, 0.15) is 44.2 Å². The highest BCUT2D eigenvalue weighted by atomic mass is 19.4. The Morgan fingerprint density at radius 3 is 2.49 bits per heavy atom. The Bertz CT molecular complexity index is 2090. The van der Waals surface area contributed by atoms with E-state index >= 15 is 8.78 Å². The van der Waals surface area contributed by atoms with E-state index in [2.05, 4.69) is 24.7 Å². The molecule has 17 heteroatoms. The molecule has 9 rings (SSSR count). The minimum absolute atomic E-state index is 0.00402. The first-order chi connectivity index (χ1) is 25.2. The van der Waals surface area contributed by atoms with Gasteiger partial charge in [0.15, 0.2) is 17.4 Å². The number of benzene rings is 2. The summed E-state index contributed by atoms with van der Waals surface area (Å²) in [5, 5.41) is 3.94. The summed E-state index contributed by atoms with van der Waals surface area (Å²) >= 11 is 0. The normalized spacial score (nSPS) is 25.2. The standard InChI is InChI=1S/C36H34F8N6O3/c37-22-6-4-18-2-1-3-21(26(18)31(22)53-36(42,43)44)29-28(38)30-27-24(46-29)8-9-25-23-7-5-19(45-23)14-50(25)32(27)48-33(47-30)51-17-34(11-12-34)16-49-13-10-20(15-49)52-35(39,40)41/h1-4,6,19-20,23,25,45H,5,7-17H2/t19-,20+,23+,25-/m1/s1. The van der Waals surface area contributed by atoms with Gasteiger partial charge in [0.05, 0.1) is 23.8 Å². The van der Waals surface area contributed by atoms with E-state index in [0.29, 0.717) is 49.4 Å². The molecule has 4 aliphatic heterocycles. The number of hydrogen-bond donors (Lipinski definition) is 1. The lowest BCUT2D eigenvalue weighted by atomic mass is 9.98. The number of hydrogen-bond acceptors (Lipinski definition) is 9. The first-order valence-corrected chi connectivity index (χ1v) is 17.7. The summed E-state index contributed by atoms with van der Waals surface area (Å²) in [6.45, 7) is 1.82. The topological polar surface area (TPSA) is 84.9 Å². The highest BCUT2D eigenvalue weighted by molar-refractivity contribution is 6.03. The van der Waals surface area contributed by atoms with Gasteiger partial charge in [-0.15, -0.1) is 26.3 Å². The van der Waals surface area contributed by atoms with Gasteiger partial charge in [-0.25, -0.2) is 13.8 Å². The number of nitrogens with zero attached hydrogens (tertiary/aromatic N) is 5. The van der Waals surface area contributed by atoms with Crippen molar-refractivity contribution in [3.8, 4) is 23.0 Å². The summed E-state index contributed by atoms with van der Waals surface area (Å²) in [5.74, 6) is -2.83. The second-order valence-corrected chi connectivity index (χ2v) is 14.9. The van der Waals surface area contributed by atoms with Crippen LogP contribution >= 0.6 is 0 Å². The lowest BCUT2D eigenvalue weighted by Gasteiger charge is -2.41. The van der Waals surface area contributed by atoms with Gasteiger partial charge in [-0.2, -0.15) is 9.97 Å². The number of halogens is 8. The third-order valence-corrected chi connectivity index (χ3v) is 11.3. The number of ether oxygens (including phenoxy) is 3. The maximum atomic E-state index is 17.1. The van der Waals surface area contributed by atoms with Gasteiger partial charge in [0.25, 0.3) is 0 Å². The molecule has 1 saturated carbocycles. The van der Waals surface area contributed by atoms with Crippen LogP contribution in [0.25, 0.3) is 32.9 Å². The Kier molecular flexibility index (Phi) is 8.16. The van der Waals surface area contributed by atoms with Gasteiger partial charge >= 0.3 is 18.7 Å². The van der Waals surface area contributed by atoms with Gasteiger partial charge < -0.3 is 19.7 Å². The van der Waals surface area contributed by atoms with Gasteiger partial charge in [0.2, 0.25) is 0 Å². The van der Waals surface area contributed by atoms with Crippen molar-refractivity contribution in [2.24, 2.45) is 5.41 Å². The molecule has 6 heterocycles. The first kappa shape index (κ1) is 34.7. The predicted molar refractivity (Wildman–Crippen MR) is 175 cm³/mol. The van der Waals surface area contributed by atoms with E-state index in [4.69, 9.17) is 14.7 Å². The Hall–Kier alpha value is -4.09. The largest absolute Gasteiger partial charge is 0.573 e. The average Bonchev–Trinajstić information content (AvgIpc) is 3.61. The van der Waals surface area contributed by atoms with E-state index in [0.717, 1.165) is 31.7 Å². The van der Waals surface area contributed by atoms with Crippen molar-refractivity contribution in [2.45, 2.75) is 81.9 Å². The summed E-state index contributed by atoms with van der Waals surface area (Å²) in [5.41, 5.74) is -0.435. The van der Waals surface area contributed by atoms with Crippen molar-refractivity contribution in [1.82, 2.24) is 25.2 Å². The molecular formula is C36H34F8N6O3. The summed E-state index contributed by atoms with van der Waals surface area (Å²) in [6.07, 6.45) is -6.12. The third kappa shape index (κ3) is 6.58. The summed E-state index contributed by atoms with van der Waals surface area (Å²) in [6, 6.07) is 6.76. The molecule has 5 aliphatic rings. The van der Waals surface area contributed by atoms with Crippen LogP contribution in [0.5, 0.6) is 11.8 Å². The summed E-state index contributed by atoms with van der Waals surface area (Å²) in [7, 11) is 0. The summed E-state index contributed by atoms with van der Waals surface area (Å²) in [4.78, 5) is 18.2. The molecule has 4 fully saturated rings. The fraction of sp³-hybridized carbons (Fsp3) is 0.528. The van der Waals surface area contributed by atoms with Gasteiger partial charge in [-0.3, -0.25) is 9.64 Å². The van der Waals surface area contributed by atoms with Crippen molar-refractivity contribution in [2.75, 3.05) is 37.7 Å². The SMILES string of the molecule is Fc1ccc2cccc(-c3nc4c5c(nc(OCC6(CN7CC[C@H](OC(F)(F)F)C7)CC6)nc5c3F)N3C[C@H]5CC[C@H](N5)[C@H]3CC4)c2c1OC(F)(F)F. The highest BCUT2D eigenvalue weighted by Crippen LogP contribution is 2.48. The molecule has 2 aromatic heterocycles. The quantitative estimate of drug-likeness (QED) is 0.191. The Morgan fingerprint density at radius 1 is 0.887 bits per heavy atom. The van der Waals surface area contributed by atoms with E-state index in [1.807, 2.05) is 4.90 Å². The minimum atomic E-state index is -5.22. The van der Waals surface area contributed by atoms with Crippen LogP contribution in [0.2, 0.25) is 0 Å². The molecule has 9 nitrogen and oxygen atoms in total. The fourth-order valence-corrected chi connectivity index (χ4v) is 8.79. The smallest absolute Gasteiger partial charge is 0.463 e. The Labute approximate surface area is 297 Å².